The van der Waals surface area contributed by atoms with Gasteiger partial charge in [-0.05, 0) is 19.8 Å². The molecule has 2 nitrogen and oxygen atoms in total. The molecule has 74 valence electrons. The lowest BCUT2D eigenvalue weighted by Crippen LogP contribution is -2.07. The van der Waals surface area contributed by atoms with Gasteiger partial charge in [0.05, 0.1) is 6.61 Å². The van der Waals surface area contributed by atoms with Crippen molar-refractivity contribution in [2.75, 3.05) is 6.61 Å². The van der Waals surface area contributed by atoms with Crippen LogP contribution in [0.3, 0.4) is 0 Å². The number of esters is 1. The van der Waals surface area contributed by atoms with Crippen molar-refractivity contribution in [3.63, 3.8) is 0 Å². The highest BCUT2D eigenvalue weighted by Gasteiger charge is 2.05. The first-order valence-corrected chi connectivity index (χ1v) is 4.68. The summed E-state index contributed by atoms with van der Waals surface area (Å²) in [6.07, 6.45) is 6.33. The van der Waals surface area contributed by atoms with Crippen LogP contribution in [0.25, 0.3) is 0 Å². The Labute approximate surface area is 80.3 Å². The van der Waals surface area contributed by atoms with Crippen LogP contribution in [-0.2, 0) is 9.53 Å². The van der Waals surface area contributed by atoms with Gasteiger partial charge in [0.15, 0.2) is 0 Å². The molecule has 13 heavy (non-hydrogen) atoms. The minimum atomic E-state index is -0.272. The van der Waals surface area contributed by atoms with E-state index < -0.39 is 0 Å². The summed E-state index contributed by atoms with van der Waals surface area (Å²) >= 11 is 0. The van der Waals surface area contributed by atoms with Crippen molar-refractivity contribution in [3.8, 4) is 0 Å². The second-order valence-electron chi connectivity index (χ2n) is 2.87. The van der Waals surface area contributed by atoms with Crippen LogP contribution in [0.15, 0.2) is 24.3 Å². The summed E-state index contributed by atoms with van der Waals surface area (Å²) in [6.45, 7) is 8.12. The topological polar surface area (TPSA) is 26.3 Å². The van der Waals surface area contributed by atoms with Gasteiger partial charge in [-0.15, -0.1) is 0 Å². The summed E-state index contributed by atoms with van der Waals surface area (Å²) in [5.74, 6) is -0.272. The van der Waals surface area contributed by atoms with Crippen LogP contribution in [0, 0.1) is 0 Å². The molecule has 0 unspecified atom stereocenters. The number of hydrogen-bond donors (Lipinski definition) is 0. The Bertz CT molecular complexity index is 192. The van der Waals surface area contributed by atoms with E-state index in [2.05, 4.69) is 13.5 Å². The summed E-state index contributed by atoms with van der Waals surface area (Å²) in [7, 11) is 0. The first-order valence-electron chi connectivity index (χ1n) is 4.68. The molecule has 0 aliphatic carbocycles. The van der Waals surface area contributed by atoms with Crippen molar-refractivity contribution < 1.29 is 9.53 Å². The molecule has 0 saturated carbocycles. The van der Waals surface area contributed by atoms with Crippen molar-refractivity contribution in [2.24, 2.45) is 0 Å². The molecule has 0 amide bonds. The molecular weight excluding hydrogens is 164 g/mol. The minimum absolute atomic E-state index is 0.272. The lowest BCUT2D eigenvalue weighted by Gasteiger charge is -2.03. The van der Waals surface area contributed by atoms with Crippen LogP contribution in [0.5, 0.6) is 0 Å². The first-order chi connectivity index (χ1) is 6.22. The quantitative estimate of drug-likeness (QED) is 0.273. The van der Waals surface area contributed by atoms with E-state index in [1.54, 1.807) is 0 Å². The van der Waals surface area contributed by atoms with Gasteiger partial charge in [-0.1, -0.05) is 32.1 Å². The Kier molecular flexibility index (Phi) is 6.98. The van der Waals surface area contributed by atoms with Gasteiger partial charge < -0.3 is 4.74 Å². The lowest BCUT2D eigenvalue weighted by molar-refractivity contribution is -0.139. The van der Waals surface area contributed by atoms with E-state index in [1.165, 1.54) is 0 Å². The number of carbonyl (C=O) groups excluding carboxylic acids is 1. The summed E-state index contributed by atoms with van der Waals surface area (Å²) in [6, 6.07) is 0. The van der Waals surface area contributed by atoms with E-state index in [-0.39, 0.29) is 5.97 Å². The molecule has 0 heterocycles. The number of carbonyl (C=O) groups is 1. The summed E-state index contributed by atoms with van der Waals surface area (Å²) < 4.78 is 4.97. The van der Waals surface area contributed by atoms with Gasteiger partial charge in [-0.3, -0.25) is 0 Å². The standard InChI is InChI=1S/C11H18O2/c1-4-6-8-10(3)11(12)13-9-7-5-2/h4,6H,3,5,7-9H2,1-2H3. The Hall–Kier alpha value is -1.05. The van der Waals surface area contributed by atoms with Crippen molar-refractivity contribution >= 4 is 5.97 Å². The molecule has 0 saturated heterocycles. The summed E-state index contributed by atoms with van der Waals surface area (Å²) in [4.78, 5) is 11.2. The van der Waals surface area contributed by atoms with Crippen LogP contribution >= 0.6 is 0 Å². The van der Waals surface area contributed by atoms with Gasteiger partial charge in [0, 0.05) is 5.57 Å². The third-order valence-corrected chi connectivity index (χ3v) is 1.62. The Morgan fingerprint density at radius 3 is 2.77 bits per heavy atom. The van der Waals surface area contributed by atoms with E-state index in [0.29, 0.717) is 18.6 Å². The van der Waals surface area contributed by atoms with Crippen molar-refractivity contribution in [1.29, 1.82) is 0 Å². The monoisotopic (exact) mass is 182 g/mol. The number of unbranched alkanes of at least 4 members (excludes halogenated alkanes) is 1. The van der Waals surface area contributed by atoms with Crippen LogP contribution in [0.1, 0.15) is 33.1 Å². The van der Waals surface area contributed by atoms with E-state index in [1.807, 2.05) is 19.1 Å². The van der Waals surface area contributed by atoms with Crippen LogP contribution in [0.2, 0.25) is 0 Å². The average Bonchev–Trinajstić information content (AvgIpc) is 2.14. The Morgan fingerprint density at radius 1 is 1.54 bits per heavy atom. The smallest absolute Gasteiger partial charge is 0.333 e. The number of allylic oxidation sites excluding steroid dienone is 2. The largest absolute Gasteiger partial charge is 0.462 e. The number of hydrogen-bond acceptors (Lipinski definition) is 2. The molecule has 0 aliphatic heterocycles. The predicted octanol–water partition coefficient (Wildman–Crippen LogP) is 2.85. The highest BCUT2D eigenvalue weighted by Crippen LogP contribution is 2.02. The van der Waals surface area contributed by atoms with Crippen molar-refractivity contribution in [2.45, 2.75) is 33.1 Å². The average molecular weight is 182 g/mol. The molecule has 0 aromatic rings. The fourth-order valence-electron chi connectivity index (χ4n) is 0.755. The fraction of sp³-hybridized carbons (Fsp3) is 0.545. The fourth-order valence-corrected chi connectivity index (χ4v) is 0.755. The molecule has 0 bridgehead atoms. The molecule has 2 heteroatoms. The second kappa shape index (κ2) is 7.59. The maximum absolute atomic E-state index is 11.2. The highest BCUT2D eigenvalue weighted by atomic mass is 16.5. The van der Waals surface area contributed by atoms with Gasteiger partial charge in [0.2, 0.25) is 0 Å². The van der Waals surface area contributed by atoms with E-state index in [4.69, 9.17) is 4.74 Å². The maximum atomic E-state index is 11.2. The third-order valence-electron chi connectivity index (χ3n) is 1.62. The highest BCUT2D eigenvalue weighted by molar-refractivity contribution is 5.87. The normalized spacial score (nSPS) is 10.3. The zero-order chi connectivity index (χ0) is 10.1. The Morgan fingerprint density at radius 2 is 2.23 bits per heavy atom. The zero-order valence-corrected chi connectivity index (χ0v) is 8.51. The van der Waals surface area contributed by atoms with Crippen LogP contribution in [-0.4, -0.2) is 12.6 Å². The van der Waals surface area contributed by atoms with E-state index in [9.17, 15) is 4.79 Å². The molecule has 0 aromatic carbocycles. The van der Waals surface area contributed by atoms with E-state index in [0.717, 1.165) is 12.8 Å². The van der Waals surface area contributed by atoms with Gasteiger partial charge in [0.1, 0.15) is 0 Å². The summed E-state index contributed by atoms with van der Waals surface area (Å²) in [5, 5.41) is 0. The third kappa shape index (κ3) is 6.14. The van der Waals surface area contributed by atoms with Gasteiger partial charge >= 0.3 is 5.97 Å². The molecular formula is C11H18O2. The molecule has 0 N–H and O–H groups in total. The zero-order valence-electron chi connectivity index (χ0n) is 8.51. The lowest BCUT2D eigenvalue weighted by atomic mass is 10.2. The van der Waals surface area contributed by atoms with Crippen LogP contribution < -0.4 is 0 Å². The van der Waals surface area contributed by atoms with Gasteiger partial charge in [-0.2, -0.15) is 0 Å². The van der Waals surface area contributed by atoms with Gasteiger partial charge in [-0.25, -0.2) is 4.79 Å². The van der Waals surface area contributed by atoms with Crippen molar-refractivity contribution in [3.05, 3.63) is 24.3 Å². The predicted molar refractivity (Wildman–Crippen MR) is 54.4 cm³/mol. The summed E-state index contributed by atoms with van der Waals surface area (Å²) in [5.41, 5.74) is 0.522. The SMILES string of the molecule is C=C(CC=CC)C(=O)OCCCC. The first kappa shape index (κ1) is 11.9. The molecule has 0 aliphatic rings. The van der Waals surface area contributed by atoms with Gasteiger partial charge in [0.25, 0.3) is 0 Å². The second-order valence-corrected chi connectivity index (χ2v) is 2.87. The molecule has 0 aromatic heterocycles. The molecule has 0 fully saturated rings. The molecule has 0 rings (SSSR count). The Balaban J connectivity index is 3.63. The number of ether oxygens (including phenoxy) is 1. The number of rotatable bonds is 6. The molecule has 0 atom stereocenters. The van der Waals surface area contributed by atoms with E-state index >= 15 is 0 Å². The molecule has 0 spiro atoms. The minimum Gasteiger partial charge on any atom is -0.462 e. The van der Waals surface area contributed by atoms with Crippen LogP contribution in [0.4, 0.5) is 0 Å². The van der Waals surface area contributed by atoms with Crippen molar-refractivity contribution in [1.82, 2.24) is 0 Å². The maximum Gasteiger partial charge on any atom is 0.333 e. The molecule has 0 radical (unpaired) electrons.